The minimum absolute atomic E-state index is 0.207. The largest absolute Gasteiger partial charge is 0.454 e. The van der Waals surface area contributed by atoms with Crippen LogP contribution in [0.3, 0.4) is 0 Å². The maximum Gasteiger partial charge on any atom is 0.159 e. The number of anilines is 6. The van der Waals surface area contributed by atoms with Gasteiger partial charge in [-0.2, -0.15) is 10.5 Å². The molecule has 9 aromatic carbocycles. The number of para-hydroxylation sites is 4. The van der Waals surface area contributed by atoms with Crippen molar-refractivity contribution in [1.29, 1.82) is 10.5 Å². The van der Waals surface area contributed by atoms with E-state index in [-0.39, 0.29) is 11.8 Å². The molecule has 2 heterocycles. The van der Waals surface area contributed by atoms with Gasteiger partial charge >= 0.3 is 0 Å². The third-order valence-corrected chi connectivity index (χ3v) is 13.7. The molecule has 0 spiro atoms. The molecule has 1 aliphatic rings. The zero-order valence-electron chi connectivity index (χ0n) is 37.2. The fourth-order valence-corrected chi connectivity index (χ4v) is 10.7. The van der Waals surface area contributed by atoms with E-state index < -0.39 is 0 Å². The maximum absolute atomic E-state index is 9.91. The summed E-state index contributed by atoms with van der Waals surface area (Å²) < 4.78 is 13.6. The van der Waals surface area contributed by atoms with Crippen molar-refractivity contribution in [2.24, 2.45) is 0 Å². The summed E-state index contributed by atoms with van der Waals surface area (Å²) in [5.74, 6) is 0.442. The molecule has 0 unspecified atom stereocenters. The third-order valence-electron chi connectivity index (χ3n) is 13.7. The molecule has 0 saturated carbocycles. The predicted octanol–water partition coefficient (Wildman–Crippen LogP) is 16.8. The van der Waals surface area contributed by atoms with Gasteiger partial charge in [-0.05, 0) is 148 Å². The molecule has 0 aliphatic heterocycles. The first-order chi connectivity index (χ1) is 32.3. The number of hydrogen-bond donors (Lipinski definition) is 0. The number of fused-ring (bicyclic) bond motifs is 6. The molecule has 0 N–H and O–H groups in total. The average Bonchev–Trinajstić information content (AvgIpc) is 3.94. The summed E-state index contributed by atoms with van der Waals surface area (Å²) in [6.45, 7) is 9.19. The highest BCUT2D eigenvalue weighted by Gasteiger charge is 2.31. The minimum atomic E-state index is 0.207. The van der Waals surface area contributed by atoms with Crippen LogP contribution in [0.2, 0.25) is 0 Å². The number of hydrogen-bond acceptors (Lipinski definition) is 6. The van der Waals surface area contributed by atoms with Crippen LogP contribution in [0.15, 0.2) is 167 Å². The van der Waals surface area contributed by atoms with Crippen LogP contribution in [0.25, 0.3) is 65.4 Å². The van der Waals surface area contributed by atoms with Gasteiger partial charge in [-0.15, -0.1) is 0 Å². The van der Waals surface area contributed by atoms with Gasteiger partial charge < -0.3 is 18.6 Å². The number of rotatable bonds is 8. The van der Waals surface area contributed by atoms with Crippen LogP contribution in [0, 0.1) is 22.7 Å². The second kappa shape index (κ2) is 15.2. The molecule has 0 atom stereocenters. The molecular weight excluding hydrogens is 809 g/mol. The first-order valence-corrected chi connectivity index (χ1v) is 22.8. The summed E-state index contributed by atoms with van der Waals surface area (Å²) in [4.78, 5) is 4.71. The summed E-state index contributed by atoms with van der Waals surface area (Å²) in [5.41, 5.74) is 15.7. The fraction of sp³-hybridized carbons (Fsp3) is 0.133. The summed E-state index contributed by atoms with van der Waals surface area (Å²) in [6.07, 6.45) is 1.71. The van der Waals surface area contributed by atoms with E-state index in [0.717, 1.165) is 96.2 Å². The van der Waals surface area contributed by atoms with Crippen molar-refractivity contribution in [2.45, 2.75) is 52.4 Å². The molecule has 0 bridgehead atoms. The van der Waals surface area contributed by atoms with Crippen LogP contribution in [0.1, 0.15) is 72.9 Å². The topological polar surface area (TPSA) is 80.3 Å². The van der Waals surface area contributed by atoms with Gasteiger partial charge in [0.05, 0.1) is 46.0 Å². The Morgan fingerprint density at radius 1 is 0.424 bits per heavy atom. The number of aryl methyl sites for hydroxylation is 2. The van der Waals surface area contributed by atoms with Crippen molar-refractivity contribution in [3.05, 3.63) is 191 Å². The Morgan fingerprint density at radius 2 is 0.879 bits per heavy atom. The molecule has 0 radical (unpaired) electrons. The number of benzene rings is 9. The van der Waals surface area contributed by atoms with E-state index >= 15 is 0 Å². The van der Waals surface area contributed by atoms with Gasteiger partial charge in [0, 0.05) is 38.3 Å². The van der Waals surface area contributed by atoms with Crippen LogP contribution in [0.4, 0.5) is 34.1 Å². The van der Waals surface area contributed by atoms with E-state index in [1.54, 1.807) is 0 Å². The molecule has 1 aliphatic carbocycles. The molecule has 6 heteroatoms. The zero-order valence-corrected chi connectivity index (χ0v) is 37.2. The van der Waals surface area contributed by atoms with E-state index in [9.17, 15) is 10.5 Å². The second-order valence-corrected chi connectivity index (χ2v) is 18.1. The summed E-state index contributed by atoms with van der Waals surface area (Å²) in [7, 11) is 0. The molecule has 316 valence electrons. The van der Waals surface area contributed by atoms with Crippen LogP contribution in [-0.2, 0) is 12.8 Å². The first-order valence-electron chi connectivity index (χ1n) is 22.8. The Morgan fingerprint density at radius 3 is 1.41 bits per heavy atom. The summed E-state index contributed by atoms with van der Waals surface area (Å²) in [6, 6.07) is 59.3. The van der Waals surface area contributed by atoms with Crippen molar-refractivity contribution in [3.63, 3.8) is 0 Å². The Balaban J connectivity index is 1.20. The molecular formula is C60H44N4O2. The Bertz CT molecular complexity index is 3860. The summed E-state index contributed by atoms with van der Waals surface area (Å²) in [5, 5.41) is 29.0. The monoisotopic (exact) mass is 852 g/mol. The van der Waals surface area contributed by atoms with Gasteiger partial charge in [0.25, 0.3) is 0 Å². The van der Waals surface area contributed by atoms with Crippen molar-refractivity contribution in [1.82, 2.24) is 0 Å². The highest BCUT2D eigenvalue weighted by molar-refractivity contribution is 6.20. The minimum Gasteiger partial charge on any atom is -0.454 e. The second-order valence-electron chi connectivity index (χ2n) is 18.1. The van der Waals surface area contributed by atoms with Crippen molar-refractivity contribution >= 4 is 99.5 Å². The van der Waals surface area contributed by atoms with Crippen LogP contribution in [0.5, 0.6) is 0 Å². The fourth-order valence-electron chi connectivity index (χ4n) is 10.7. The van der Waals surface area contributed by atoms with Gasteiger partial charge in [-0.25, -0.2) is 0 Å². The molecule has 6 nitrogen and oxygen atoms in total. The molecule has 0 amide bonds. The number of furan rings is 2. The van der Waals surface area contributed by atoms with Crippen molar-refractivity contribution in [3.8, 4) is 12.1 Å². The third kappa shape index (κ3) is 5.92. The number of nitriles is 2. The van der Waals surface area contributed by atoms with Crippen LogP contribution >= 0.6 is 0 Å². The maximum atomic E-state index is 9.91. The lowest BCUT2D eigenvalue weighted by atomic mass is 9.78. The predicted molar refractivity (Wildman–Crippen MR) is 270 cm³/mol. The lowest BCUT2D eigenvalue weighted by molar-refractivity contribution is 0.668. The van der Waals surface area contributed by atoms with E-state index in [2.05, 4.69) is 159 Å². The summed E-state index contributed by atoms with van der Waals surface area (Å²) >= 11 is 0. The average molecular weight is 853 g/mol. The molecule has 2 aromatic heterocycles. The van der Waals surface area contributed by atoms with Gasteiger partial charge in [0.1, 0.15) is 11.2 Å². The Hall–Kier alpha value is -8.32. The van der Waals surface area contributed by atoms with Crippen molar-refractivity contribution < 1.29 is 8.83 Å². The van der Waals surface area contributed by atoms with E-state index in [1.807, 2.05) is 48.5 Å². The molecule has 11 aromatic rings. The molecule has 66 heavy (non-hydrogen) atoms. The quantitative estimate of drug-likeness (QED) is 0.142. The first kappa shape index (κ1) is 39.3. The van der Waals surface area contributed by atoms with E-state index in [4.69, 9.17) is 8.83 Å². The van der Waals surface area contributed by atoms with Gasteiger partial charge in [-0.1, -0.05) is 100 Å². The van der Waals surface area contributed by atoms with Gasteiger partial charge in [0.15, 0.2) is 11.2 Å². The van der Waals surface area contributed by atoms with Crippen LogP contribution < -0.4 is 9.80 Å². The SMILES string of the molecule is CC(C)c1cc(N(c2ccc(C#N)cc2)c2cccc3c2oc2ccccc23)c2ccc3c(C(C)C)cc(N(c4ccc(C#N)cc4)c4cccc5c4oc4ccccc45)c4c3c2c1CC4. The normalized spacial score (nSPS) is 12.4. The lowest BCUT2D eigenvalue weighted by Gasteiger charge is -2.34. The van der Waals surface area contributed by atoms with Crippen molar-refractivity contribution in [2.75, 3.05) is 9.80 Å². The highest BCUT2D eigenvalue weighted by Crippen LogP contribution is 2.53. The Kier molecular flexibility index (Phi) is 9.02. The lowest BCUT2D eigenvalue weighted by Crippen LogP contribution is -2.17. The van der Waals surface area contributed by atoms with E-state index in [1.165, 1.54) is 38.4 Å². The standard InChI is InChI=1S/C60H44N4O2/c1-35(2)49-31-53(63(39-23-19-37(33-61)20-24-39)51-15-9-13-45-41-11-5-7-17-55(41)65-59(45)51)47-30-28-44-50(36(3)4)32-54(48-29-27-43(49)57(47)58(44)48)64(40-25-21-38(34-62)22-26-40)52-16-10-14-46-42-12-6-8-18-56(42)66-60(46)52/h5-27,29,31-32,35-36H,28,30H2,1-4H3. The molecule has 0 fully saturated rings. The Labute approximate surface area is 382 Å². The van der Waals surface area contributed by atoms with E-state index in [0.29, 0.717) is 11.1 Å². The van der Waals surface area contributed by atoms with Gasteiger partial charge in [-0.3, -0.25) is 0 Å². The zero-order chi connectivity index (χ0) is 44.8. The highest BCUT2D eigenvalue weighted by atomic mass is 16.3. The van der Waals surface area contributed by atoms with Crippen LogP contribution in [-0.4, -0.2) is 0 Å². The molecule has 12 rings (SSSR count). The van der Waals surface area contributed by atoms with Gasteiger partial charge in [0.2, 0.25) is 0 Å². The number of nitrogens with zero attached hydrogens (tertiary/aromatic N) is 4. The molecule has 0 saturated heterocycles. The smallest absolute Gasteiger partial charge is 0.159 e.